The maximum atomic E-state index is 14.2. The van der Waals surface area contributed by atoms with Crippen molar-refractivity contribution in [3.8, 4) is 0 Å². The normalized spacial score (nSPS) is 10.9. The van der Waals surface area contributed by atoms with Crippen molar-refractivity contribution in [3.05, 3.63) is 89.2 Å². The molecule has 0 aliphatic carbocycles. The predicted octanol–water partition coefficient (Wildman–Crippen LogP) is 5.02. The second kappa shape index (κ2) is 8.08. The molecule has 0 bridgehead atoms. The molecule has 0 unspecified atom stereocenters. The van der Waals surface area contributed by atoms with Gasteiger partial charge < -0.3 is 0 Å². The third kappa shape index (κ3) is 3.95. The molecule has 0 aliphatic rings. The summed E-state index contributed by atoms with van der Waals surface area (Å²) in [6.45, 7) is 1.54. The topological polar surface area (TPSA) is 63.2 Å². The smallest absolute Gasteiger partial charge is 0.260 e. The van der Waals surface area contributed by atoms with Crippen LogP contribution in [0.2, 0.25) is 0 Å². The van der Waals surface area contributed by atoms with Gasteiger partial charge in [-0.25, -0.2) is 13.8 Å². The van der Waals surface area contributed by atoms with Crippen LogP contribution in [-0.2, 0) is 6.54 Å². The average Bonchev–Trinajstić information content (AvgIpc) is 3.16. The van der Waals surface area contributed by atoms with Crippen LogP contribution < -0.4 is 4.90 Å². The summed E-state index contributed by atoms with van der Waals surface area (Å²) in [5, 5.41) is 0.223. The molecule has 4 rings (SSSR count). The van der Waals surface area contributed by atoms with E-state index in [-0.39, 0.29) is 23.0 Å². The van der Waals surface area contributed by atoms with Gasteiger partial charge in [0.2, 0.25) is 0 Å². The number of amides is 1. The van der Waals surface area contributed by atoms with Gasteiger partial charge >= 0.3 is 0 Å². The fourth-order valence-corrected chi connectivity index (χ4v) is 3.95. The number of carbonyl (C=O) groups excluding carboxylic acids is 2. The lowest BCUT2D eigenvalue weighted by atomic mass is 10.1. The van der Waals surface area contributed by atoms with Gasteiger partial charge in [-0.2, -0.15) is 0 Å². The molecule has 5 nitrogen and oxygen atoms in total. The summed E-state index contributed by atoms with van der Waals surface area (Å²) in [5.74, 6) is -2.00. The molecule has 2 heterocycles. The highest BCUT2D eigenvalue weighted by Crippen LogP contribution is 2.32. The van der Waals surface area contributed by atoms with E-state index >= 15 is 0 Å². The van der Waals surface area contributed by atoms with Crippen molar-refractivity contribution in [1.82, 2.24) is 9.97 Å². The number of rotatable bonds is 5. The third-order valence-electron chi connectivity index (χ3n) is 4.46. The summed E-state index contributed by atoms with van der Waals surface area (Å²) in [6, 6.07) is 13.5. The lowest BCUT2D eigenvalue weighted by Gasteiger charge is -2.19. The van der Waals surface area contributed by atoms with Crippen molar-refractivity contribution in [1.29, 1.82) is 0 Å². The molecule has 0 saturated carbocycles. The Morgan fingerprint density at radius 2 is 1.77 bits per heavy atom. The van der Waals surface area contributed by atoms with Gasteiger partial charge in [0, 0.05) is 23.4 Å². The molecule has 0 spiro atoms. The molecule has 150 valence electrons. The second-order valence-electron chi connectivity index (χ2n) is 6.58. The van der Waals surface area contributed by atoms with Gasteiger partial charge in [-0.1, -0.05) is 29.5 Å². The Morgan fingerprint density at radius 1 is 1.03 bits per heavy atom. The summed E-state index contributed by atoms with van der Waals surface area (Å²) in [4.78, 5) is 34.6. The van der Waals surface area contributed by atoms with Crippen molar-refractivity contribution in [2.45, 2.75) is 13.5 Å². The van der Waals surface area contributed by atoms with Crippen molar-refractivity contribution in [3.63, 3.8) is 0 Å². The van der Waals surface area contributed by atoms with E-state index in [2.05, 4.69) is 9.97 Å². The van der Waals surface area contributed by atoms with Gasteiger partial charge in [0.25, 0.3) is 5.91 Å². The molecule has 4 aromatic rings. The first kappa shape index (κ1) is 19.8. The number of pyridine rings is 1. The Labute approximate surface area is 174 Å². The highest BCUT2D eigenvalue weighted by atomic mass is 32.1. The van der Waals surface area contributed by atoms with E-state index in [1.807, 2.05) is 0 Å². The number of fused-ring (bicyclic) bond motifs is 1. The van der Waals surface area contributed by atoms with Gasteiger partial charge in [0.15, 0.2) is 16.7 Å². The number of aromatic nitrogens is 2. The predicted molar refractivity (Wildman–Crippen MR) is 111 cm³/mol. The standard InChI is InChI=1S/C22H15F2N3O2S/c1-13(28)14-5-7-15(8-6-14)21(29)27(12-17-4-2-3-9-25-17)22-26-20-18(24)10-16(23)11-19(20)30-22/h2-11H,12H2,1H3. The summed E-state index contributed by atoms with van der Waals surface area (Å²) in [6.07, 6.45) is 1.60. The van der Waals surface area contributed by atoms with Crippen molar-refractivity contribution < 1.29 is 18.4 Å². The maximum absolute atomic E-state index is 14.2. The van der Waals surface area contributed by atoms with Crippen LogP contribution in [0.1, 0.15) is 33.3 Å². The summed E-state index contributed by atoms with van der Waals surface area (Å²) < 4.78 is 28.1. The number of ketones is 1. The largest absolute Gasteiger partial charge is 0.295 e. The zero-order chi connectivity index (χ0) is 21.3. The highest BCUT2D eigenvalue weighted by Gasteiger charge is 2.23. The lowest BCUT2D eigenvalue weighted by Crippen LogP contribution is -2.30. The van der Waals surface area contributed by atoms with Crippen LogP contribution >= 0.6 is 11.3 Å². The SMILES string of the molecule is CC(=O)c1ccc(C(=O)N(Cc2ccccn2)c2nc3c(F)cc(F)cc3s2)cc1. The van der Waals surface area contributed by atoms with Crippen molar-refractivity contribution in [2.75, 3.05) is 4.90 Å². The molecular weight excluding hydrogens is 408 g/mol. The minimum absolute atomic E-state index is 0.00199. The Hall–Kier alpha value is -3.52. The first-order chi connectivity index (χ1) is 14.4. The van der Waals surface area contributed by atoms with Crippen molar-refractivity contribution >= 4 is 38.4 Å². The minimum atomic E-state index is -0.788. The number of hydrogen-bond acceptors (Lipinski definition) is 5. The first-order valence-corrected chi connectivity index (χ1v) is 9.82. The van der Waals surface area contributed by atoms with E-state index in [0.29, 0.717) is 21.5 Å². The number of carbonyl (C=O) groups is 2. The summed E-state index contributed by atoms with van der Waals surface area (Å²) in [5.41, 5.74) is 1.43. The third-order valence-corrected chi connectivity index (χ3v) is 5.49. The summed E-state index contributed by atoms with van der Waals surface area (Å²) >= 11 is 1.02. The zero-order valence-electron chi connectivity index (χ0n) is 15.8. The first-order valence-electron chi connectivity index (χ1n) is 9.01. The Balaban J connectivity index is 1.77. The van der Waals surface area contributed by atoms with Crippen molar-refractivity contribution in [2.24, 2.45) is 0 Å². The number of Topliss-reactive ketones (excluding diaryl/α,β-unsaturated/α-hetero) is 1. The molecule has 2 aromatic heterocycles. The van der Waals surface area contributed by atoms with E-state index in [9.17, 15) is 18.4 Å². The van der Waals surface area contributed by atoms with E-state index in [4.69, 9.17) is 0 Å². The molecule has 0 radical (unpaired) electrons. The maximum Gasteiger partial charge on any atom is 0.260 e. The lowest BCUT2D eigenvalue weighted by molar-refractivity contribution is 0.0980. The van der Waals surface area contributed by atoms with Crippen LogP contribution in [0.3, 0.4) is 0 Å². The number of nitrogens with zero attached hydrogens (tertiary/aromatic N) is 3. The fourth-order valence-electron chi connectivity index (χ4n) is 2.94. The molecule has 8 heteroatoms. The Morgan fingerprint density at radius 3 is 2.43 bits per heavy atom. The van der Waals surface area contributed by atoms with E-state index in [0.717, 1.165) is 17.4 Å². The number of anilines is 1. The monoisotopic (exact) mass is 423 g/mol. The van der Waals surface area contributed by atoms with E-state index < -0.39 is 17.5 Å². The molecule has 0 fully saturated rings. The van der Waals surface area contributed by atoms with E-state index in [1.165, 1.54) is 17.9 Å². The Kier molecular flexibility index (Phi) is 5.33. The molecule has 0 N–H and O–H groups in total. The molecule has 1 amide bonds. The Bertz CT molecular complexity index is 1240. The van der Waals surface area contributed by atoms with Crippen LogP contribution in [0.4, 0.5) is 13.9 Å². The molecular formula is C22H15F2N3O2S. The van der Waals surface area contributed by atoms with Gasteiger partial charge in [-0.3, -0.25) is 19.5 Å². The molecule has 2 aromatic carbocycles. The van der Waals surface area contributed by atoms with E-state index in [1.54, 1.807) is 48.7 Å². The van der Waals surface area contributed by atoms with Crippen LogP contribution in [0.15, 0.2) is 60.8 Å². The second-order valence-corrected chi connectivity index (χ2v) is 7.59. The van der Waals surface area contributed by atoms with Gasteiger partial charge in [-0.15, -0.1) is 0 Å². The number of hydrogen-bond donors (Lipinski definition) is 0. The van der Waals surface area contributed by atoms with Crippen LogP contribution in [0.5, 0.6) is 0 Å². The number of halogens is 2. The molecule has 0 aliphatic heterocycles. The number of thiazole rings is 1. The van der Waals surface area contributed by atoms with Gasteiger partial charge in [0.05, 0.1) is 16.9 Å². The van der Waals surface area contributed by atoms with Crippen LogP contribution in [0.25, 0.3) is 10.2 Å². The quantitative estimate of drug-likeness (QED) is 0.423. The molecule has 30 heavy (non-hydrogen) atoms. The van der Waals surface area contributed by atoms with Gasteiger partial charge in [0.1, 0.15) is 11.3 Å². The average molecular weight is 423 g/mol. The fraction of sp³-hybridized carbons (Fsp3) is 0.0909. The van der Waals surface area contributed by atoms with Crippen LogP contribution in [-0.4, -0.2) is 21.7 Å². The van der Waals surface area contributed by atoms with Crippen LogP contribution in [0, 0.1) is 11.6 Å². The number of benzene rings is 2. The minimum Gasteiger partial charge on any atom is -0.295 e. The highest BCUT2D eigenvalue weighted by molar-refractivity contribution is 7.22. The summed E-state index contributed by atoms with van der Waals surface area (Å²) in [7, 11) is 0. The zero-order valence-corrected chi connectivity index (χ0v) is 16.6. The molecule has 0 atom stereocenters. The van der Waals surface area contributed by atoms with Gasteiger partial charge in [-0.05, 0) is 37.3 Å². The molecule has 0 saturated heterocycles.